The first kappa shape index (κ1) is 17.5. The van der Waals surface area contributed by atoms with Gasteiger partial charge in [-0.2, -0.15) is 0 Å². The first-order valence-corrected chi connectivity index (χ1v) is 8.60. The molecule has 0 unspecified atom stereocenters. The van der Waals surface area contributed by atoms with Gasteiger partial charge in [-0.15, -0.1) is 0 Å². The molecule has 6 nitrogen and oxygen atoms in total. The normalized spacial score (nSPS) is 21.0. The minimum atomic E-state index is -0.212. The summed E-state index contributed by atoms with van der Waals surface area (Å²) in [5, 5.41) is 2.93. The predicted octanol–water partition coefficient (Wildman–Crippen LogP) is 2.02. The minimum absolute atomic E-state index is 0.212. The monoisotopic (exact) mass is 340 g/mol. The Balaban J connectivity index is 1.64. The molecule has 1 aromatic carbocycles. The van der Waals surface area contributed by atoms with Crippen LogP contribution in [0.3, 0.4) is 0 Å². The number of nitrogens with zero attached hydrogens (tertiary/aromatic N) is 3. The third-order valence-electron chi connectivity index (χ3n) is 4.24. The lowest BCUT2D eigenvalue weighted by Gasteiger charge is -2.35. The number of aromatic nitrogens is 2. The highest BCUT2D eigenvalue weighted by atomic mass is 16.5. The molecular formula is C19H24N4O2. The lowest BCUT2D eigenvalue weighted by molar-refractivity contribution is -0.0705. The zero-order valence-corrected chi connectivity index (χ0v) is 14.7. The van der Waals surface area contributed by atoms with Crippen molar-refractivity contribution in [3.8, 4) is 0 Å². The number of carbonyl (C=O) groups is 1. The minimum Gasteiger partial charge on any atom is -0.373 e. The van der Waals surface area contributed by atoms with Crippen molar-refractivity contribution in [2.45, 2.75) is 39.1 Å². The fraction of sp³-hybridized carbons (Fsp3) is 0.421. The molecule has 2 heterocycles. The van der Waals surface area contributed by atoms with Gasteiger partial charge in [0, 0.05) is 38.6 Å². The molecule has 1 saturated heterocycles. The maximum atomic E-state index is 12.2. The molecule has 0 aliphatic carbocycles. The highest BCUT2D eigenvalue weighted by Crippen LogP contribution is 2.17. The van der Waals surface area contributed by atoms with Crippen LogP contribution in [0.2, 0.25) is 0 Å². The van der Waals surface area contributed by atoms with Gasteiger partial charge in [-0.3, -0.25) is 14.7 Å². The van der Waals surface area contributed by atoms with E-state index < -0.39 is 0 Å². The van der Waals surface area contributed by atoms with E-state index in [1.165, 1.54) is 18.0 Å². The van der Waals surface area contributed by atoms with E-state index >= 15 is 0 Å². The fourth-order valence-electron chi connectivity index (χ4n) is 3.22. The van der Waals surface area contributed by atoms with Gasteiger partial charge in [0.15, 0.2) is 0 Å². The first-order valence-electron chi connectivity index (χ1n) is 8.60. The number of nitrogens with one attached hydrogen (secondary N) is 1. The third kappa shape index (κ3) is 4.84. The van der Waals surface area contributed by atoms with E-state index in [0.717, 1.165) is 25.2 Å². The van der Waals surface area contributed by atoms with E-state index in [-0.39, 0.29) is 18.1 Å². The molecule has 0 radical (unpaired) electrons. The van der Waals surface area contributed by atoms with E-state index in [1.54, 1.807) is 6.20 Å². The molecule has 1 aliphatic heterocycles. The van der Waals surface area contributed by atoms with Crippen LogP contribution in [0.4, 0.5) is 0 Å². The summed E-state index contributed by atoms with van der Waals surface area (Å²) in [5.41, 5.74) is 2.67. The lowest BCUT2D eigenvalue weighted by Crippen LogP contribution is -2.45. The average molecular weight is 340 g/mol. The van der Waals surface area contributed by atoms with Gasteiger partial charge in [0.2, 0.25) is 0 Å². The Labute approximate surface area is 148 Å². The van der Waals surface area contributed by atoms with Crippen LogP contribution in [0, 0.1) is 0 Å². The van der Waals surface area contributed by atoms with Gasteiger partial charge >= 0.3 is 0 Å². The highest BCUT2D eigenvalue weighted by molar-refractivity contribution is 5.91. The summed E-state index contributed by atoms with van der Waals surface area (Å²) in [6, 6.07) is 8.21. The Bertz CT molecular complexity index is 698. The van der Waals surface area contributed by atoms with Gasteiger partial charge in [0.1, 0.15) is 5.69 Å². The molecule has 1 aliphatic rings. The molecule has 25 heavy (non-hydrogen) atoms. The van der Waals surface area contributed by atoms with Gasteiger partial charge in [-0.05, 0) is 25.0 Å². The molecule has 1 aromatic heterocycles. The highest BCUT2D eigenvalue weighted by Gasteiger charge is 2.22. The van der Waals surface area contributed by atoms with Crippen LogP contribution in [-0.4, -0.2) is 46.1 Å². The molecule has 3 rings (SSSR count). The SMILES string of the molecule is C[C@@H]1CN(Cc2ccccc2CNC(=O)c2cnccn2)C[C@H](C)O1. The van der Waals surface area contributed by atoms with Crippen LogP contribution in [-0.2, 0) is 17.8 Å². The molecule has 1 fully saturated rings. The van der Waals surface area contributed by atoms with Crippen molar-refractivity contribution in [3.63, 3.8) is 0 Å². The molecule has 6 heteroatoms. The predicted molar refractivity (Wildman–Crippen MR) is 94.9 cm³/mol. The van der Waals surface area contributed by atoms with Crippen LogP contribution >= 0.6 is 0 Å². The number of hydrogen-bond acceptors (Lipinski definition) is 5. The second kappa shape index (κ2) is 8.18. The Morgan fingerprint density at radius 2 is 1.92 bits per heavy atom. The van der Waals surface area contributed by atoms with Crippen molar-refractivity contribution in [2.75, 3.05) is 13.1 Å². The maximum Gasteiger partial charge on any atom is 0.271 e. The zero-order valence-electron chi connectivity index (χ0n) is 14.7. The first-order chi connectivity index (χ1) is 12.1. The van der Waals surface area contributed by atoms with E-state index in [4.69, 9.17) is 4.74 Å². The number of rotatable bonds is 5. The van der Waals surface area contributed by atoms with Gasteiger partial charge in [-0.25, -0.2) is 4.98 Å². The Morgan fingerprint density at radius 1 is 1.20 bits per heavy atom. The van der Waals surface area contributed by atoms with Crippen molar-refractivity contribution in [2.24, 2.45) is 0 Å². The molecule has 0 saturated carbocycles. The number of amides is 1. The topological polar surface area (TPSA) is 67.4 Å². The summed E-state index contributed by atoms with van der Waals surface area (Å²) >= 11 is 0. The Kier molecular flexibility index (Phi) is 5.73. The Hall–Kier alpha value is -2.31. The van der Waals surface area contributed by atoms with Crippen LogP contribution in [0.1, 0.15) is 35.5 Å². The Morgan fingerprint density at radius 3 is 2.60 bits per heavy atom. The van der Waals surface area contributed by atoms with Crippen molar-refractivity contribution in [1.82, 2.24) is 20.2 Å². The van der Waals surface area contributed by atoms with Crippen LogP contribution in [0.5, 0.6) is 0 Å². The molecule has 2 atom stereocenters. The van der Waals surface area contributed by atoms with E-state index in [1.807, 2.05) is 12.1 Å². The quantitative estimate of drug-likeness (QED) is 0.902. The molecule has 1 amide bonds. The zero-order chi connectivity index (χ0) is 17.6. The summed E-state index contributed by atoms with van der Waals surface area (Å²) in [6.07, 6.45) is 5.03. The van der Waals surface area contributed by atoms with Crippen LogP contribution in [0.25, 0.3) is 0 Å². The van der Waals surface area contributed by atoms with Gasteiger partial charge < -0.3 is 10.1 Å². The lowest BCUT2D eigenvalue weighted by atomic mass is 10.1. The van der Waals surface area contributed by atoms with Crippen molar-refractivity contribution >= 4 is 5.91 Å². The number of ether oxygens (including phenoxy) is 1. The smallest absolute Gasteiger partial charge is 0.271 e. The summed E-state index contributed by atoms with van der Waals surface area (Å²) in [5.74, 6) is -0.212. The maximum absolute atomic E-state index is 12.2. The van der Waals surface area contributed by atoms with Crippen LogP contribution in [0.15, 0.2) is 42.9 Å². The third-order valence-corrected chi connectivity index (χ3v) is 4.24. The van der Waals surface area contributed by atoms with Crippen molar-refractivity contribution < 1.29 is 9.53 Å². The molecule has 0 spiro atoms. The number of morpholine rings is 1. The number of benzene rings is 1. The van der Waals surface area contributed by atoms with Crippen molar-refractivity contribution in [1.29, 1.82) is 0 Å². The average Bonchev–Trinajstić information content (AvgIpc) is 2.60. The largest absolute Gasteiger partial charge is 0.373 e. The fourth-order valence-corrected chi connectivity index (χ4v) is 3.22. The molecular weight excluding hydrogens is 316 g/mol. The summed E-state index contributed by atoms with van der Waals surface area (Å²) in [7, 11) is 0. The second-order valence-electron chi connectivity index (χ2n) is 6.49. The van der Waals surface area contributed by atoms with Gasteiger partial charge in [0.05, 0.1) is 18.4 Å². The summed E-state index contributed by atoms with van der Waals surface area (Å²) < 4.78 is 5.80. The van der Waals surface area contributed by atoms with Crippen LogP contribution < -0.4 is 5.32 Å². The summed E-state index contributed by atoms with van der Waals surface area (Å²) in [4.78, 5) is 22.5. The number of hydrogen-bond donors (Lipinski definition) is 1. The van der Waals surface area contributed by atoms with E-state index in [9.17, 15) is 4.79 Å². The standard InChI is InChI=1S/C19H24N4O2/c1-14-11-23(12-15(2)25-14)13-17-6-4-3-5-16(17)9-22-19(24)18-10-20-7-8-21-18/h3-8,10,14-15H,9,11-13H2,1-2H3,(H,22,24)/t14-,15+. The molecule has 1 N–H and O–H groups in total. The van der Waals surface area contributed by atoms with Gasteiger partial charge in [-0.1, -0.05) is 24.3 Å². The van der Waals surface area contributed by atoms with Gasteiger partial charge in [0.25, 0.3) is 5.91 Å². The van der Waals surface area contributed by atoms with E-state index in [0.29, 0.717) is 12.2 Å². The van der Waals surface area contributed by atoms with Crippen molar-refractivity contribution in [3.05, 3.63) is 59.7 Å². The number of carbonyl (C=O) groups excluding carboxylic acids is 1. The van der Waals surface area contributed by atoms with E-state index in [2.05, 4.69) is 46.2 Å². The summed E-state index contributed by atoms with van der Waals surface area (Å²) in [6.45, 7) is 7.39. The molecule has 2 aromatic rings. The molecule has 0 bridgehead atoms. The second-order valence-corrected chi connectivity index (χ2v) is 6.49. The molecule has 132 valence electrons.